The van der Waals surface area contributed by atoms with Crippen molar-refractivity contribution in [1.82, 2.24) is 10.2 Å². The molecule has 0 fully saturated rings. The van der Waals surface area contributed by atoms with E-state index in [1.807, 2.05) is 30.3 Å². The Morgan fingerprint density at radius 3 is 2.50 bits per heavy atom. The van der Waals surface area contributed by atoms with Gasteiger partial charge in [0.25, 0.3) is 5.89 Å². The molecule has 102 valence electrons. The zero-order chi connectivity index (χ0) is 14.2. The van der Waals surface area contributed by atoms with Crippen LogP contribution in [0, 0.1) is 0 Å². The second kappa shape index (κ2) is 5.46. The van der Waals surface area contributed by atoms with Crippen molar-refractivity contribution >= 4 is 70.9 Å². The lowest BCUT2D eigenvalue weighted by Crippen LogP contribution is -1.97. The van der Waals surface area contributed by atoms with E-state index in [-0.39, 0.29) is 0 Å². The predicted molar refractivity (Wildman–Crippen MR) is 87.9 cm³/mol. The maximum absolute atomic E-state index is 5.66. The smallest absolute Gasteiger partial charge is 0.255 e. The Labute approximate surface area is 139 Å². The molecule has 1 aromatic carbocycles. The van der Waals surface area contributed by atoms with E-state index < -0.39 is 2.14 Å². The Hall–Kier alpha value is -0.920. The fourth-order valence-electron chi connectivity index (χ4n) is 1.65. The minimum absolute atomic E-state index is 0.377. The number of para-hydroxylation sites is 1. The van der Waals surface area contributed by atoms with Gasteiger partial charge in [-0.25, -0.2) is 0 Å². The summed E-state index contributed by atoms with van der Waals surface area (Å²) in [5, 5.41) is 8.87. The Morgan fingerprint density at radius 2 is 1.80 bits per heavy atom. The maximum atomic E-state index is 5.66. The van der Waals surface area contributed by atoms with Crippen LogP contribution in [0.2, 0.25) is 0 Å². The van der Waals surface area contributed by atoms with Crippen molar-refractivity contribution in [1.29, 1.82) is 0 Å². The van der Waals surface area contributed by atoms with Crippen molar-refractivity contribution in [3.05, 3.63) is 47.9 Å². The minimum Gasteiger partial charge on any atom is -0.457 e. The van der Waals surface area contributed by atoms with Crippen LogP contribution >= 0.6 is 47.8 Å². The molecule has 0 aliphatic carbocycles. The summed E-state index contributed by atoms with van der Waals surface area (Å²) < 4.78 is 10.4. The molecule has 20 heavy (non-hydrogen) atoms. The van der Waals surface area contributed by atoms with Gasteiger partial charge in [0.1, 0.15) is 11.3 Å². The lowest BCUT2D eigenvalue weighted by Gasteiger charge is -2.03. The molecule has 0 atom stereocenters. The lowest BCUT2D eigenvalue weighted by atomic mass is 10.2. The summed E-state index contributed by atoms with van der Waals surface area (Å²) in [6, 6.07) is 9.78. The molecule has 2 heterocycles. The molecule has 0 aliphatic heterocycles. The molecular formula is C13H7Br3N2O2. The molecular weight excluding hydrogens is 456 g/mol. The van der Waals surface area contributed by atoms with Crippen LogP contribution in [0.5, 0.6) is 0 Å². The van der Waals surface area contributed by atoms with Gasteiger partial charge in [-0.05, 0) is 66.0 Å². The molecule has 0 N–H and O–H groups in total. The fourth-order valence-corrected chi connectivity index (χ4v) is 2.14. The van der Waals surface area contributed by atoms with Gasteiger partial charge in [-0.3, -0.25) is 0 Å². The minimum atomic E-state index is -0.703. The molecule has 0 aliphatic rings. The Balaban J connectivity index is 1.85. The van der Waals surface area contributed by atoms with Crippen LogP contribution in [-0.4, -0.2) is 10.2 Å². The summed E-state index contributed by atoms with van der Waals surface area (Å²) in [7, 11) is 0. The van der Waals surface area contributed by atoms with E-state index in [2.05, 4.69) is 58.0 Å². The SMILES string of the molecule is BrC(Br)(Br)c1nnc(C=Cc2cc3ccccc3o2)o1. The molecule has 7 heteroatoms. The Kier molecular flexibility index (Phi) is 3.83. The molecule has 2 aromatic heterocycles. The van der Waals surface area contributed by atoms with Crippen molar-refractivity contribution in [2.45, 2.75) is 2.14 Å². The third-order valence-corrected chi connectivity index (χ3v) is 3.54. The number of rotatable bonds is 2. The molecule has 0 spiro atoms. The van der Waals surface area contributed by atoms with E-state index in [4.69, 9.17) is 8.83 Å². The predicted octanol–water partition coefficient (Wildman–Crippen LogP) is 5.28. The second-order valence-corrected chi connectivity index (χ2v) is 10.7. The molecule has 0 radical (unpaired) electrons. The maximum Gasteiger partial charge on any atom is 0.255 e. The van der Waals surface area contributed by atoms with Crippen molar-refractivity contribution in [3.63, 3.8) is 0 Å². The molecule has 3 aromatic rings. The van der Waals surface area contributed by atoms with Gasteiger partial charge in [0.15, 0.2) is 0 Å². The van der Waals surface area contributed by atoms with Crippen molar-refractivity contribution in [2.75, 3.05) is 0 Å². The quantitative estimate of drug-likeness (QED) is 0.486. The van der Waals surface area contributed by atoms with Crippen LogP contribution in [0.25, 0.3) is 23.1 Å². The molecule has 0 bridgehead atoms. The highest BCUT2D eigenvalue weighted by Crippen LogP contribution is 2.43. The molecule has 4 nitrogen and oxygen atoms in total. The zero-order valence-electron chi connectivity index (χ0n) is 9.89. The van der Waals surface area contributed by atoms with Crippen molar-refractivity contribution < 1.29 is 8.83 Å². The number of nitrogens with zero attached hydrogens (tertiary/aromatic N) is 2. The molecule has 0 amide bonds. The number of furan rings is 1. The molecule has 3 rings (SSSR count). The summed E-state index contributed by atoms with van der Waals surface area (Å²) in [4.78, 5) is 0. The summed E-state index contributed by atoms with van der Waals surface area (Å²) in [6.45, 7) is 0. The fraction of sp³-hybridized carbons (Fsp3) is 0.0769. The zero-order valence-corrected chi connectivity index (χ0v) is 14.6. The van der Waals surface area contributed by atoms with E-state index in [1.54, 1.807) is 12.2 Å². The van der Waals surface area contributed by atoms with E-state index in [1.165, 1.54) is 0 Å². The molecule has 0 saturated carbocycles. The third kappa shape index (κ3) is 3.05. The first-order valence-electron chi connectivity index (χ1n) is 5.60. The van der Waals surface area contributed by atoms with Gasteiger partial charge in [0.2, 0.25) is 8.03 Å². The highest BCUT2D eigenvalue weighted by molar-refractivity contribution is 9.38. The van der Waals surface area contributed by atoms with Crippen LogP contribution < -0.4 is 0 Å². The molecule has 0 unspecified atom stereocenters. The van der Waals surface area contributed by atoms with E-state index in [0.717, 1.165) is 16.7 Å². The monoisotopic (exact) mass is 460 g/mol. The topological polar surface area (TPSA) is 52.1 Å². The summed E-state index contributed by atoms with van der Waals surface area (Å²) in [5.41, 5.74) is 0.846. The number of fused-ring (bicyclic) bond motifs is 1. The van der Waals surface area contributed by atoms with Crippen molar-refractivity contribution in [2.24, 2.45) is 0 Å². The molecule has 0 saturated heterocycles. The third-order valence-electron chi connectivity index (χ3n) is 2.52. The number of hydrogen-bond acceptors (Lipinski definition) is 4. The van der Waals surface area contributed by atoms with Gasteiger partial charge in [0, 0.05) is 11.5 Å². The van der Waals surface area contributed by atoms with Gasteiger partial charge >= 0.3 is 0 Å². The number of hydrogen-bond donors (Lipinski definition) is 0. The van der Waals surface area contributed by atoms with Gasteiger partial charge in [-0.1, -0.05) is 18.2 Å². The summed E-state index contributed by atoms with van der Waals surface area (Å²) in [6.07, 6.45) is 3.49. The lowest BCUT2D eigenvalue weighted by molar-refractivity contribution is 0.502. The number of benzene rings is 1. The summed E-state index contributed by atoms with van der Waals surface area (Å²) in [5.74, 6) is 1.50. The standard InChI is InChI=1S/C13H7Br3N2O2/c14-13(15,16)12-18-17-11(20-12)6-5-9-7-8-3-1-2-4-10(8)19-9/h1-7H. The first kappa shape index (κ1) is 14.0. The largest absolute Gasteiger partial charge is 0.457 e. The number of halogens is 3. The average Bonchev–Trinajstić information content (AvgIpc) is 3.02. The van der Waals surface area contributed by atoms with Gasteiger partial charge in [-0.15, -0.1) is 10.2 Å². The first-order valence-corrected chi connectivity index (χ1v) is 7.98. The van der Waals surface area contributed by atoms with Gasteiger partial charge in [-0.2, -0.15) is 0 Å². The highest BCUT2D eigenvalue weighted by Gasteiger charge is 2.27. The Morgan fingerprint density at radius 1 is 1.00 bits per heavy atom. The summed E-state index contributed by atoms with van der Waals surface area (Å²) >= 11 is 9.94. The van der Waals surface area contributed by atoms with Crippen molar-refractivity contribution in [3.8, 4) is 0 Å². The van der Waals surface area contributed by atoms with Gasteiger partial charge < -0.3 is 8.83 Å². The van der Waals surface area contributed by atoms with Crippen LogP contribution in [0.1, 0.15) is 17.5 Å². The van der Waals surface area contributed by atoms with Gasteiger partial charge in [0.05, 0.1) is 0 Å². The Bertz CT molecular complexity index is 738. The van der Waals surface area contributed by atoms with Crippen LogP contribution in [0.15, 0.2) is 39.2 Å². The second-order valence-electron chi connectivity index (χ2n) is 3.96. The average molecular weight is 463 g/mol. The van der Waals surface area contributed by atoms with E-state index in [0.29, 0.717) is 11.8 Å². The number of alkyl halides is 3. The van der Waals surface area contributed by atoms with Crippen LogP contribution in [-0.2, 0) is 2.14 Å². The first-order chi connectivity index (χ1) is 9.52. The van der Waals surface area contributed by atoms with E-state index >= 15 is 0 Å². The van der Waals surface area contributed by atoms with E-state index in [9.17, 15) is 0 Å². The van der Waals surface area contributed by atoms with Crippen LogP contribution in [0.3, 0.4) is 0 Å². The normalized spacial score (nSPS) is 12.6. The van der Waals surface area contributed by atoms with Crippen LogP contribution in [0.4, 0.5) is 0 Å². The highest BCUT2D eigenvalue weighted by atomic mass is 80.0. The number of aromatic nitrogens is 2.